The van der Waals surface area contributed by atoms with Crippen LogP contribution < -0.4 is 4.74 Å². The lowest BCUT2D eigenvalue weighted by Crippen LogP contribution is -2.08. The Hall–Kier alpha value is -1.23. The zero-order valence-electron chi connectivity index (χ0n) is 7.56. The van der Waals surface area contributed by atoms with Gasteiger partial charge in [0.2, 0.25) is 0 Å². The van der Waals surface area contributed by atoms with Gasteiger partial charge in [-0.15, -0.1) is 0 Å². The van der Waals surface area contributed by atoms with Gasteiger partial charge in [-0.1, -0.05) is 11.6 Å². The van der Waals surface area contributed by atoms with E-state index in [1.807, 2.05) is 0 Å². The summed E-state index contributed by atoms with van der Waals surface area (Å²) in [5, 5.41) is -0.117. The fourth-order valence-corrected chi connectivity index (χ4v) is 1.28. The second kappa shape index (κ2) is 4.53. The van der Waals surface area contributed by atoms with Crippen molar-refractivity contribution in [3.05, 3.63) is 28.5 Å². The molecule has 0 fully saturated rings. The fraction of sp³-hybridized carbons (Fsp3) is 0.222. The van der Waals surface area contributed by atoms with Gasteiger partial charge in [0, 0.05) is 5.02 Å². The molecule has 0 bridgehead atoms. The molecule has 0 saturated heterocycles. The summed E-state index contributed by atoms with van der Waals surface area (Å²) in [5.74, 6) is -2.24. The Labute approximate surface area is 88.6 Å². The first kappa shape index (κ1) is 11.8. The van der Waals surface area contributed by atoms with Crippen molar-refractivity contribution in [3.63, 3.8) is 0 Å². The summed E-state index contributed by atoms with van der Waals surface area (Å²) in [4.78, 5) is 11.0. The number of hydrogen-bond donors (Lipinski definition) is 0. The Morgan fingerprint density at radius 1 is 1.47 bits per heavy atom. The highest BCUT2D eigenvalue weighted by molar-refractivity contribution is 6.30. The Kier molecular flexibility index (Phi) is 3.57. The molecule has 0 saturated carbocycles. The van der Waals surface area contributed by atoms with Crippen LogP contribution in [0.15, 0.2) is 12.1 Å². The van der Waals surface area contributed by atoms with Crippen molar-refractivity contribution < 1.29 is 22.7 Å². The molecule has 1 aromatic rings. The summed E-state index contributed by atoms with van der Waals surface area (Å²) in [6.45, 7) is -2.09. The van der Waals surface area contributed by atoms with E-state index in [4.69, 9.17) is 11.6 Å². The third-order valence-corrected chi connectivity index (χ3v) is 1.81. The lowest BCUT2D eigenvalue weighted by Gasteiger charge is -2.09. The molecule has 1 aromatic carbocycles. The highest BCUT2D eigenvalue weighted by Crippen LogP contribution is 2.28. The molecule has 0 unspecified atom stereocenters. The van der Waals surface area contributed by atoms with Crippen molar-refractivity contribution in [2.45, 2.75) is 13.5 Å². The number of rotatable bonds is 3. The summed E-state index contributed by atoms with van der Waals surface area (Å²) in [7, 11) is 0. The molecule has 0 heterocycles. The van der Waals surface area contributed by atoms with Gasteiger partial charge in [0.25, 0.3) is 0 Å². The molecule has 0 aliphatic rings. The van der Waals surface area contributed by atoms with Crippen LogP contribution in [0, 0.1) is 5.82 Å². The third kappa shape index (κ3) is 2.86. The molecule has 0 aliphatic heterocycles. The predicted molar refractivity (Wildman–Crippen MR) is 48.0 cm³/mol. The number of carbonyl (C=O) groups is 1. The van der Waals surface area contributed by atoms with Crippen LogP contribution >= 0.6 is 11.6 Å². The number of halogens is 4. The normalized spacial score (nSPS) is 10.5. The fourth-order valence-electron chi connectivity index (χ4n) is 1.08. The monoisotopic (exact) mass is 238 g/mol. The summed E-state index contributed by atoms with van der Waals surface area (Å²) < 4.78 is 41.0. The molecule has 6 heteroatoms. The minimum Gasteiger partial charge on any atom is -0.434 e. The van der Waals surface area contributed by atoms with Gasteiger partial charge in [-0.05, 0) is 19.1 Å². The quantitative estimate of drug-likeness (QED) is 0.756. The van der Waals surface area contributed by atoms with Gasteiger partial charge in [-0.3, -0.25) is 4.79 Å². The first-order valence-electron chi connectivity index (χ1n) is 3.86. The molecule has 0 aromatic heterocycles. The van der Waals surface area contributed by atoms with E-state index < -0.39 is 29.5 Å². The maximum atomic E-state index is 13.2. The predicted octanol–water partition coefficient (Wildman–Crippen LogP) is 3.28. The summed E-state index contributed by atoms with van der Waals surface area (Å²) >= 11 is 5.43. The first-order chi connectivity index (χ1) is 6.91. The Bertz CT molecular complexity index is 393. The van der Waals surface area contributed by atoms with E-state index in [2.05, 4.69) is 4.74 Å². The van der Waals surface area contributed by atoms with Crippen LogP contribution in [0.1, 0.15) is 17.3 Å². The first-order valence-corrected chi connectivity index (χ1v) is 4.24. The van der Waals surface area contributed by atoms with E-state index >= 15 is 0 Å². The topological polar surface area (TPSA) is 26.3 Å². The van der Waals surface area contributed by atoms with Crippen LogP contribution in [0.2, 0.25) is 5.02 Å². The second-order valence-electron chi connectivity index (χ2n) is 2.70. The van der Waals surface area contributed by atoms with E-state index in [1.165, 1.54) is 0 Å². The number of ketones is 1. The zero-order valence-corrected chi connectivity index (χ0v) is 8.32. The molecular weight excluding hydrogens is 233 g/mol. The number of ether oxygens (including phenoxy) is 1. The van der Waals surface area contributed by atoms with E-state index in [1.54, 1.807) is 0 Å². The molecule has 15 heavy (non-hydrogen) atoms. The minimum absolute atomic E-state index is 0.117. The second-order valence-corrected chi connectivity index (χ2v) is 3.13. The largest absolute Gasteiger partial charge is 0.434 e. The van der Waals surface area contributed by atoms with Crippen LogP contribution in [-0.4, -0.2) is 12.4 Å². The number of hydrogen-bond acceptors (Lipinski definition) is 2. The van der Waals surface area contributed by atoms with Crippen molar-refractivity contribution in [1.82, 2.24) is 0 Å². The van der Waals surface area contributed by atoms with Crippen LogP contribution in [0.25, 0.3) is 0 Å². The molecule has 0 amide bonds. The molecule has 0 spiro atoms. The number of Topliss-reactive ketones (excluding diaryl/α,β-unsaturated/α-hetero) is 1. The lowest BCUT2D eigenvalue weighted by atomic mass is 10.1. The number of benzene rings is 1. The Morgan fingerprint density at radius 3 is 2.53 bits per heavy atom. The molecule has 82 valence electrons. The molecule has 2 nitrogen and oxygen atoms in total. The smallest absolute Gasteiger partial charge is 0.387 e. The van der Waals surface area contributed by atoms with Crippen LogP contribution in [-0.2, 0) is 0 Å². The van der Waals surface area contributed by atoms with Crippen molar-refractivity contribution >= 4 is 17.4 Å². The molecule has 0 N–H and O–H groups in total. The van der Waals surface area contributed by atoms with Gasteiger partial charge >= 0.3 is 6.61 Å². The third-order valence-electron chi connectivity index (χ3n) is 1.59. The van der Waals surface area contributed by atoms with Gasteiger partial charge in [0.15, 0.2) is 5.78 Å². The molecular formula is C9H6ClF3O2. The highest BCUT2D eigenvalue weighted by Gasteiger charge is 2.18. The van der Waals surface area contributed by atoms with Gasteiger partial charge in [-0.2, -0.15) is 8.78 Å². The molecule has 0 radical (unpaired) electrons. The highest BCUT2D eigenvalue weighted by atomic mass is 35.5. The Balaban J connectivity index is 3.27. The van der Waals surface area contributed by atoms with Crippen molar-refractivity contribution in [2.24, 2.45) is 0 Å². The van der Waals surface area contributed by atoms with E-state index in [0.29, 0.717) is 0 Å². The van der Waals surface area contributed by atoms with E-state index in [0.717, 1.165) is 19.1 Å². The van der Waals surface area contributed by atoms with Gasteiger partial charge in [0.05, 0.1) is 5.56 Å². The summed E-state index contributed by atoms with van der Waals surface area (Å²) in [5.41, 5.74) is -0.528. The maximum absolute atomic E-state index is 13.2. The molecule has 1 rings (SSSR count). The number of carbonyl (C=O) groups excluding carboxylic acids is 1. The zero-order chi connectivity index (χ0) is 11.6. The lowest BCUT2D eigenvalue weighted by molar-refractivity contribution is -0.0502. The van der Waals surface area contributed by atoms with Crippen LogP contribution in [0.5, 0.6) is 5.75 Å². The van der Waals surface area contributed by atoms with Crippen molar-refractivity contribution in [1.29, 1.82) is 0 Å². The average Bonchev–Trinajstić information content (AvgIpc) is 1.99. The van der Waals surface area contributed by atoms with Crippen LogP contribution in [0.3, 0.4) is 0 Å². The van der Waals surface area contributed by atoms with Gasteiger partial charge in [-0.25, -0.2) is 4.39 Å². The minimum atomic E-state index is -3.14. The van der Waals surface area contributed by atoms with Crippen LogP contribution in [0.4, 0.5) is 13.2 Å². The standard InChI is InChI=1S/C9H6ClF3O2/c1-4(14)8-6(11)2-5(10)3-7(8)15-9(12)13/h2-3,9H,1H3. The maximum Gasteiger partial charge on any atom is 0.387 e. The van der Waals surface area contributed by atoms with Crippen molar-refractivity contribution in [2.75, 3.05) is 0 Å². The molecule has 0 aliphatic carbocycles. The van der Waals surface area contributed by atoms with E-state index in [9.17, 15) is 18.0 Å². The van der Waals surface area contributed by atoms with E-state index in [-0.39, 0.29) is 5.02 Å². The average molecular weight is 239 g/mol. The number of alkyl halides is 2. The summed E-state index contributed by atoms with van der Waals surface area (Å²) in [6.07, 6.45) is 0. The molecule has 0 atom stereocenters. The van der Waals surface area contributed by atoms with Gasteiger partial charge in [0.1, 0.15) is 11.6 Å². The SMILES string of the molecule is CC(=O)c1c(F)cc(Cl)cc1OC(F)F. The van der Waals surface area contributed by atoms with Gasteiger partial charge < -0.3 is 4.74 Å². The Morgan fingerprint density at radius 2 is 2.07 bits per heavy atom. The summed E-state index contributed by atoms with van der Waals surface area (Å²) in [6, 6.07) is 1.82. The van der Waals surface area contributed by atoms with Crippen molar-refractivity contribution in [3.8, 4) is 5.75 Å².